The summed E-state index contributed by atoms with van der Waals surface area (Å²) < 4.78 is 1.14. The molecule has 0 N–H and O–H groups in total. The first-order valence-corrected chi connectivity index (χ1v) is 7.11. The third-order valence-electron chi connectivity index (χ3n) is 2.52. The number of halogens is 2. The van der Waals surface area contributed by atoms with E-state index in [9.17, 15) is 0 Å². The maximum atomic E-state index is 5.82. The Morgan fingerprint density at radius 1 is 1.31 bits per heavy atom. The van der Waals surface area contributed by atoms with E-state index < -0.39 is 0 Å². The van der Waals surface area contributed by atoms with Crippen LogP contribution in [-0.2, 0) is 6.54 Å². The minimum Gasteiger partial charge on any atom is -0.298 e. The smallest absolute Gasteiger partial charge is 0.0351 e. The Bertz CT molecular complexity index is 304. The average molecular weight is 305 g/mol. The highest BCUT2D eigenvalue weighted by molar-refractivity contribution is 9.10. The van der Waals surface area contributed by atoms with Crippen LogP contribution < -0.4 is 0 Å². The Hall–Kier alpha value is -0.0500. The molecule has 0 atom stereocenters. The summed E-state index contributed by atoms with van der Waals surface area (Å²) in [6.45, 7) is 5.31. The molecule has 0 saturated heterocycles. The summed E-state index contributed by atoms with van der Waals surface area (Å²) in [5.41, 5.74) is 1.34. The fraction of sp³-hybridized carbons (Fsp3) is 0.538. The van der Waals surface area contributed by atoms with Crippen LogP contribution in [0.4, 0.5) is 0 Å². The van der Waals surface area contributed by atoms with Crippen LogP contribution >= 0.6 is 27.5 Å². The third kappa shape index (κ3) is 5.33. The van der Waals surface area contributed by atoms with Gasteiger partial charge < -0.3 is 0 Å². The predicted molar refractivity (Wildman–Crippen MR) is 75.0 cm³/mol. The summed E-state index contributed by atoms with van der Waals surface area (Å²) in [5, 5.41) is 0. The monoisotopic (exact) mass is 303 g/mol. The lowest BCUT2D eigenvalue weighted by atomic mass is 10.2. The molecule has 1 rings (SSSR count). The fourth-order valence-corrected chi connectivity index (χ4v) is 2.35. The van der Waals surface area contributed by atoms with Crippen molar-refractivity contribution in [3.8, 4) is 0 Å². The lowest BCUT2D eigenvalue weighted by molar-refractivity contribution is 0.277. The third-order valence-corrected chi connectivity index (χ3v) is 3.19. The predicted octanol–water partition coefficient (Wildman–Crippen LogP) is 4.29. The summed E-state index contributed by atoms with van der Waals surface area (Å²) in [6, 6.07) is 8.48. The first-order chi connectivity index (χ1) is 7.76. The average Bonchev–Trinajstić information content (AvgIpc) is 2.26. The van der Waals surface area contributed by atoms with Crippen LogP contribution in [0.2, 0.25) is 0 Å². The van der Waals surface area contributed by atoms with Gasteiger partial charge in [-0.25, -0.2) is 0 Å². The van der Waals surface area contributed by atoms with Crippen LogP contribution in [0, 0.1) is 0 Å². The molecule has 90 valence electrons. The largest absolute Gasteiger partial charge is 0.298 e. The van der Waals surface area contributed by atoms with Crippen molar-refractivity contribution in [1.29, 1.82) is 0 Å². The molecule has 0 fully saturated rings. The topological polar surface area (TPSA) is 3.24 Å². The molecule has 0 unspecified atom stereocenters. The van der Waals surface area contributed by atoms with Crippen LogP contribution in [0.15, 0.2) is 28.7 Å². The molecule has 3 heteroatoms. The molecule has 0 aromatic heterocycles. The minimum atomic E-state index is 0.706. The summed E-state index contributed by atoms with van der Waals surface area (Å²) in [5.74, 6) is 0.706. The van der Waals surface area contributed by atoms with Crippen molar-refractivity contribution in [3.05, 3.63) is 34.3 Å². The van der Waals surface area contributed by atoms with E-state index in [1.165, 1.54) is 18.4 Å². The molecule has 0 spiro atoms. The van der Waals surface area contributed by atoms with Crippen LogP contribution in [0.1, 0.15) is 25.3 Å². The summed E-state index contributed by atoms with van der Waals surface area (Å²) in [4.78, 5) is 2.41. The van der Waals surface area contributed by atoms with Crippen molar-refractivity contribution < 1.29 is 0 Å². The molecular formula is C13H19BrClN. The van der Waals surface area contributed by atoms with Gasteiger partial charge in [-0.3, -0.25) is 4.90 Å². The van der Waals surface area contributed by atoms with Crippen LogP contribution in [0.3, 0.4) is 0 Å². The first kappa shape index (κ1) is 14.0. The molecule has 0 aliphatic heterocycles. The van der Waals surface area contributed by atoms with Crippen LogP contribution in [-0.4, -0.2) is 23.9 Å². The van der Waals surface area contributed by atoms with Crippen molar-refractivity contribution in [2.45, 2.75) is 26.3 Å². The Kier molecular flexibility index (Phi) is 7.10. The Morgan fingerprint density at radius 2 is 2.12 bits per heavy atom. The second-order valence-electron chi connectivity index (χ2n) is 3.95. The Labute approximate surface area is 112 Å². The molecule has 1 aromatic rings. The second kappa shape index (κ2) is 8.10. The number of unbranched alkanes of at least 4 members (excludes halogenated alkanes) is 1. The lowest BCUT2D eigenvalue weighted by Crippen LogP contribution is -2.26. The normalized spacial score (nSPS) is 11.0. The van der Waals surface area contributed by atoms with E-state index in [2.05, 4.69) is 52.0 Å². The molecule has 0 aliphatic rings. The Balaban J connectivity index is 2.52. The zero-order chi connectivity index (χ0) is 11.8. The Morgan fingerprint density at radius 3 is 2.75 bits per heavy atom. The van der Waals surface area contributed by atoms with E-state index in [4.69, 9.17) is 11.6 Å². The molecule has 0 radical (unpaired) electrons. The minimum absolute atomic E-state index is 0.706. The summed E-state index contributed by atoms with van der Waals surface area (Å²) >= 11 is 9.32. The van der Waals surface area contributed by atoms with E-state index in [0.29, 0.717) is 5.88 Å². The maximum Gasteiger partial charge on any atom is 0.0351 e. The highest BCUT2D eigenvalue weighted by Gasteiger charge is 2.04. The first-order valence-electron chi connectivity index (χ1n) is 5.79. The lowest BCUT2D eigenvalue weighted by Gasteiger charge is -2.21. The van der Waals surface area contributed by atoms with Gasteiger partial charge in [-0.05, 0) is 30.7 Å². The molecule has 0 bridgehead atoms. The molecule has 0 aliphatic carbocycles. The quantitative estimate of drug-likeness (QED) is 0.679. The molecule has 1 aromatic carbocycles. The van der Waals surface area contributed by atoms with Gasteiger partial charge >= 0.3 is 0 Å². The van der Waals surface area contributed by atoms with Gasteiger partial charge in [0.25, 0.3) is 0 Å². The molecule has 0 saturated carbocycles. The molecule has 1 nitrogen and oxygen atoms in total. The second-order valence-corrected chi connectivity index (χ2v) is 5.24. The van der Waals surface area contributed by atoms with Gasteiger partial charge in [0.05, 0.1) is 0 Å². The summed E-state index contributed by atoms with van der Waals surface area (Å²) in [7, 11) is 0. The van der Waals surface area contributed by atoms with Gasteiger partial charge in [0.1, 0.15) is 0 Å². The number of alkyl halides is 1. The van der Waals surface area contributed by atoms with Gasteiger partial charge in [-0.2, -0.15) is 0 Å². The number of rotatable bonds is 7. The maximum absolute atomic E-state index is 5.82. The van der Waals surface area contributed by atoms with Crippen molar-refractivity contribution in [2.24, 2.45) is 0 Å². The number of hydrogen-bond donors (Lipinski definition) is 0. The fourth-order valence-electron chi connectivity index (χ4n) is 1.66. The zero-order valence-corrected chi connectivity index (χ0v) is 12.1. The SMILES string of the molecule is CCCCN(CCCl)Cc1cccc(Br)c1. The molecule has 0 heterocycles. The molecule has 16 heavy (non-hydrogen) atoms. The van der Waals surface area contributed by atoms with Gasteiger partial charge in [0.15, 0.2) is 0 Å². The van der Waals surface area contributed by atoms with E-state index in [1.54, 1.807) is 0 Å². The highest BCUT2D eigenvalue weighted by atomic mass is 79.9. The van der Waals surface area contributed by atoms with Gasteiger partial charge in [-0.15, -0.1) is 11.6 Å². The van der Waals surface area contributed by atoms with E-state index in [0.717, 1.165) is 24.1 Å². The van der Waals surface area contributed by atoms with Crippen molar-refractivity contribution in [2.75, 3.05) is 19.0 Å². The van der Waals surface area contributed by atoms with E-state index >= 15 is 0 Å². The van der Waals surface area contributed by atoms with E-state index in [1.807, 2.05) is 0 Å². The number of benzene rings is 1. The number of hydrogen-bond acceptors (Lipinski definition) is 1. The van der Waals surface area contributed by atoms with Crippen molar-refractivity contribution in [1.82, 2.24) is 4.90 Å². The van der Waals surface area contributed by atoms with Crippen molar-refractivity contribution >= 4 is 27.5 Å². The highest BCUT2D eigenvalue weighted by Crippen LogP contribution is 2.13. The van der Waals surface area contributed by atoms with Gasteiger partial charge in [0.2, 0.25) is 0 Å². The number of nitrogens with zero attached hydrogens (tertiary/aromatic N) is 1. The molecular weight excluding hydrogens is 286 g/mol. The zero-order valence-electron chi connectivity index (χ0n) is 9.76. The van der Waals surface area contributed by atoms with Gasteiger partial charge in [0, 0.05) is 23.4 Å². The van der Waals surface area contributed by atoms with Crippen LogP contribution in [0.5, 0.6) is 0 Å². The standard InChI is InChI=1S/C13H19BrClN/c1-2-3-8-16(9-7-15)11-12-5-4-6-13(14)10-12/h4-6,10H,2-3,7-9,11H2,1H3. The van der Waals surface area contributed by atoms with E-state index in [-0.39, 0.29) is 0 Å². The molecule has 0 amide bonds. The van der Waals surface area contributed by atoms with Crippen molar-refractivity contribution in [3.63, 3.8) is 0 Å². The van der Waals surface area contributed by atoms with Gasteiger partial charge in [-0.1, -0.05) is 41.4 Å². The van der Waals surface area contributed by atoms with Crippen LogP contribution in [0.25, 0.3) is 0 Å². The summed E-state index contributed by atoms with van der Waals surface area (Å²) in [6.07, 6.45) is 2.47.